The van der Waals surface area contributed by atoms with Crippen molar-refractivity contribution >= 4 is 21.6 Å². The molecule has 1 unspecified atom stereocenters. The van der Waals surface area contributed by atoms with Crippen molar-refractivity contribution in [3.05, 3.63) is 22.6 Å². The van der Waals surface area contributed by atoms with E-state index in [0.717, 1.165) is 4.90 Å². The van der Waals surface area contributed by atoms with Gasteiger partial charge in [0.25, 0.3) is 5.56 Å². The quantitative estimate of drug-likeness (QED) is 0.503. The summed E-state index contributed by atoms with van der Waals surface area (Å²) in [5, 5.41) is 3.80. The van der Waals surface area contributed by atoms with Crippen molar-refractivity contribution in [2.45, 2.75) is 4.90 Å². The number of rotatable bonds is 1. The fraction of sp³-hybridized carbons (Fsp3) is 0.333. The summed E-state index contributed by atoms with van der Waals surface area (Å²) >= 11 is 4.23. The van der Waals surface area contributed by atoms with Crippen molar-refractivity contribution in [3.63, 3.8) is 0 Å². The van der Waals surface area contributed by atoms with Gasteiger partial charge in [-0.1, -0.05) is 0 Å². The summed E-state index contributed by atoms with van der Waals surface area (Å²) in [7, 11) is 1.03. The molecule has 62 valence electrons. The van der Waals surface area contributed by atoms with Gasteiger partial charge in [-0.2, -0.15) is 15.0 Å². The Kier molecular flexibility index (Phi) is 2.62. The first kappa shape index (κ1) is 8.67. The van der Waals surface area contributed by atoms with Gasteiger partial charge >= 0.3 is 0 Å². The number of nitrogens with zero attached hydrogens (tertiary/aromatic N) is 2. The zero-order chi connectivity index (χ0) is 8.43. The molecule has 0 saturated heterocycles. The number of hydrogen-bond donors (Lipinski definition) is 2. The standard InChI is InChI=1S/C6H10N2OS2/c1-8-6(9)5(11(2)10)3-4-7-8/h3-4,10-11H,1-2H3. The van der Waals surface area contributed by atoms with Gasteiger partial charge in [-0.3, -0.25) is 4.79 Å². The van der Waals surface area contributed by atoms with Gasteiger partial charge in [0.15, 0.2) is 0 Å². The van der Waals surface area contributed by atoms with Gasteiger partial charge in [0.05, 0.1) is 4.90 Å². The van der Waals surface area contributed by atoms with Crippen molar-refractivity contribution in [2.24, 2.45) is 7.05 Å². The van der Waals surface area contributed by atoms with Crippen molar-refractivity contribution < 1.29 is 0 Å². The monoisotopic (exact) mass is 190 g/mol. The van der Waals surface area contributed by atoms with Crippen molar-refractivity contribution in [1.29, 1.82) is 0 Å². The van der Waals surface area contributed by atoms with Crippen LogP contribution >= 0.6 is 21.6 Å². The minimum absolute atomic E-state index is 0.0453. The van der Waals surface area contributed by atoms with Crippen molar-refractivity contribution in [3.8, 4) is 0 Å². The summed E-state index contributed by atoms with van der Waals surface area (Å²) in [6, 6.07) is 1.72. The summed E-state index contributed by atoms with van der Waals surface area (Å²) in [5.41, 5.74) is -0.0453. The van der Waals surface area contributed by atoms with E-state index < -0.39 is 9.93 Å². The van der Waals surface area contributed by atoms with Gasteiger partial charge in [-0.25, -0.2) is 4.68 Å². The SMILES string of the molecule is Cn1nccc([SH](C)S)c1=O. The third-order valence-corrected chi connectivity index (χ3v) is 3.02. The molecule has 0 N–H and O–H groups in total. The highest BCUT2D eigenvalue weighted by Crippen LogP contribution is 2.32. The van der Waals surface area contributed by atoms with E-state index in [1.165, 1.54) is 4.68 Å². The largest absolute Gasteiger partial charge is 0.279 e. The Labute approximate surface area is 72.6 Å². The molecule has 3 nitrogen and oxygen atoms in total. The Bertz CT molecular complexity index is 308. The maximum Gasteiger partial charge on any atom is 0.279 e. The van der Waals surface area contributed by atoms with Crippen LogP contribution in [0.4, 0.5) is 0 Å². The molecule has 0 saturated carbocycles. The fourth-order valence-electron chi connectivity index (χ4n) is 0.740. The zero-order valence-corrected chi connectivity index (χ0v) is 8.14. The lowest BCUT2D eigenvalue weighted by Crippen LogP contribution is -2.20. The average molecular weight is 190 g/mol. The molecule has 1 atom stereocenters. The number of hydrogen-bond acceptors (Lipinski definition) is 3. The lowest BCUT2D eigenvalue weighted by molar-refractivity contribution is 0.688. The third kappa shape index (κ3) is 1.78. The molecular formula is C6H10N2OS2. The minimum atomic E-state index is -0.612. The molecule has 1 rings (SSSR count). The highest BCUT2D eigenvalue weighted by molar-refractivity contribution is 8.77. The van der Waals surface area contributed by atoms with E-state index in [2.05, 4.69) is 16.8 Å². The highest BCUT2D eigenvalue weighted by Gasteiger charge is 2.02. The Hall–Kier alpha value is -0.420. The third-order valence-electron chi connectivity index (χ3n) is 1.33. The van der Waals surface area contributed by atoms with Gasteiger partial charge < -0.3 is 0 Å². The number of aromatic nitrogens is 2. The molecule has 0 fully saturated rings. The van der Waals surface area contributed by atoms with E-state index in [1.807, 2.05) is 6.26 Å². The zero-order valence-electron chi connectivity index (χ0n) is 6.35. The second kappa shape index (κ2) is 3.32. The van der Waals surface area contributed by atoms with Crippen LogP contribution in [0.15, 0.2) is 22.0 Å². The van der Waals surface area contributed by atoms with E-state index in [0.29, 0.717) is 0 Å². The Morgan fingerprint density at radius 1 is 1.73 bits per heavy atom. The molecule has 0 aliphatic rings. The first-order valence-electron chi connectivity index (χ1n) is 3.08. The first-order valence-corrected chi connectivity index (χ1v) is 6.02. The van der Waals surface area contributed by atoms with Crippen molar-refractivity contribution in [1.82, 2.24) is 9.78 Å². The van der Waals surface area contributed by atoms with E-state index >= 15 is 0 Å². The van der Waals surface area contributed by atoms with Crippen LogP contribution in [0.3, 0.4) is 0 Å². The molecule has 0 aliphatic heterocycles. The lowest BCUT2D eigenvalue weighted by atomic mass is 10.6. The first-order chi connectivity index (χ1) is 5.13. The van der Waals surface area contributed by atoms with E-state index in [1.54, 1.807) is 19.3 Å². The van der Waals surface area contributed by atoms with Crippen LogP contribution in [-0.2, 0) is 7.05 Å². The van der Waals surface area contributed by atoms with Crippen molar-refractivity contribution in [2.75, 3.05) is 6.26 Å². The summed E-state index contributed by atoms with van der Waals surface area (Å²) < 4.78 is 1.32. The Morgan fingerprint density at radius 2 is 2.36 bits per heavy atom. The van der Waals surface area contributed by atoms with Gasteiger partial charge in [0.1, 0.15) is 0 Å². The maximum absolute atomic E-state index is 11.3. The van der Waals surface area contributed by atoms with E-state index in [9.17, 15) is 4.79 Å². The second-order valence-corrected chi connectivity index (χ2v) is 5.50. The average Bonchev–Trinajstić information content (AvgIpc) is 1.94. The summed E-state index contributed by atoms with van der Waals surface area (Å²) in [6.45, 7) is 0. The molecule has 0 amide bonds. The molecule has 1 aromatic heterocycles. The summed E-state index contributed by atoms with van der Waals surface area (Å²) in [5.74, 6) is 0. The molecule has 0 spiro atoms. The van der Waals surface area contributed by atoms with Gasteiger partial charge in [-0.15, -0.1) is 11.7 Å². The van der Waals surface area contributed by atoms with E-state index in [4.69, 9.17) is 0 Å². The summed E-state index contributed by atoms with van der Waals surface area (Å²) in [6.07, 6.45) is 3.54. The minimum Gasteiger partial charge on any atom is -0.267 e. The van der Waals surface area contributed by atoms with E-state index in [-0.39, 0.29) is 5.56 Å². The van der Waals surface area contributed by atoms with Crippen LogP contribution in [0.25, 0.3) is 0 Å². The van der Waals surface area contributed by atoms with Crippen LogP contribution in [0.2, 0.25) is 0 Å². The highest BCUT2D eigenvalue weighted by atomic mass is 33.1. The van der Waals surface area contributed by atoms with Crippen LogP contribution in [0.5, 0.6) is 0 Å². The maximum atomic E-state index is 11.3. The topological polar surface area (TPSA) is 34.9 Å². The normalized spacial score (nSPS) is 14.6. The molecule has 5 heteroatoms. The second-order valence-electron chi connectivity index (χ2n) is 2.17. The van der Waals surface area contributed by atoms with Crippen LogP contribution in [-0.4, -0.2) is 16.0 Å². The number of thiol groups is 2. The molecule has 0 aromatic carbocycles. The van der Waals surface area contributed by atoms with Gasteiger partial charge in [0.2, 0.25) is 0 Å². The predicted molar refractivity (Wildman–Crippen MR) is 51.6 cm³/mol. The Balaban J connectivity index is 3.28. The molecule has 0 bridgehead atoms. The molecule has 1 aromatic rings. The van der Waals surface area contributed by atoms with Crippen LogP contribution in [0, 0.1) is 0 Å². The lowest BCUT2D eigenvalue weighted by Gasteiger charge is -2.06. The van der Waals surface area contributed by atoms with Crippen LogP contribution < -0.4 is 5.56 Å². The van der Waals surface area contributed by atoms with Crippen LogP contribution in [0.1, 0.15) is 0 Å². The number of aryl methyl sites for hydroxylation is 1. The van der Waals surface area contributed by atoms with Gasteiger partial charge in [-0.05, 0) is 12.3 Å². The predicted octanol–water partition coefficient (Wildman–Crippen LogP) is 0.615. The molecule has 11 heavy (non-hydrogen) atoms. The Morgan fingerprint density at radius 3 is 2.82 bits per heavy atom. The fourth-order valence-corrected chi connectivity index (χ4v) is 1.90. The molecular weight excluding hydrogens is 180 g/mol. The van der Waals surface area contributed by atoms with Gasteiger partial charge in [0, 0.05) is 13.2 Å². The molecule has 1 heterocycles. The molecule has 0 radical (unpaired) electrons. The molecule has 0 aliphatic carbocycles. The summed E-state index contributed by atoms with van der Waals surface area (Å²) in [4.78, 5) is 12.0. The smallest absolute Gasteiger partial charge is 0.267 e.